The van der Waals surface area contributed by atoms with Crippen LogP contribution in [-0.4, -0.2) is 35.0 Å². The van der Waals surface area contributed by atoms with E-state index in [2.05, 4.69) is 20.2 Å². The first-order valence-corrected chi connectivity index (χ1v) is 10.3. The average molecular weight is 382 g/mol. The Kier molecular flexibility index (Phi) is 5.84. The van der Waals surface area contributed by atoms with E-state index in [1.165, 1.54) is 31.4 Å². The molecule has 0 radical (unpaired) electrons. The molecule has 2 heterocycles. The summed E-state index contributed by atoms with van der Waals surface area (Å²) in [6.07, 6.45) is 11.2. The molecule has 2 aliphatic rings. The van der Waals surface area contributed by atoms with Gasteiger partial charge in [-0.2, -0.15) is 0 Å². The molecule has 0 spiro atoms. The molecule has 1 N–H and O–H groups in total. The average Bonchev–Trinajstić information content (AvgIpc) is 2.75. The highest BCUT2D eigenvalue weighted by molar-refractivity contribution is 5.79. The lowest BCUT2D eigenvalue weighted by Crippen LogP contribution is -2.46. The van der Waals surface area contributed by atoms with E-state index in [4.69, 9.17) is 0 Å². The van der Waals surface area contributed by atoms with Gasteiger partial charge in [0.25, 0.3) is 0 Å². The highest BCUT2D eigenvalue weighted by atomic mass is 19.1. The van der Waals surface area contributed by atoms with Crippen LogP contribution in [0, 0.1) is 11.7 Å². The number of aromatic nitrogens is 2. The van der Waals surface area contributed by atoms with Gasteiger partial charge in [-0.25, -0.2) is 14.4 Å². The maximum Gasteiger partial charge on any atom is 0.225 e. The fourth-order valence-corrected chi connectivity index (χ4v) is 4.24. The van der Waals surface area contributed by atoms with Crippen LogP contribution in [0.5, 0.6) is 0 Å². The summed E-state index contributed by atoms with van der Waals surface area (Å²) >= 11 is 0. The van der Waals surface area contributed by atoms with Gasteiger partial charge in [0.05, 0.1) is 5.92 Å². The fraction of sp³-hybridized carbons (Fsp3) is 0.500. The van der Waals surface area contributed by atoms with Gasteiger partial charge in [-0.05, 0) is 43.4 Å². The van der Waals surface area contributed by atoms with Crippen molar-refractivity contribution in [1.29, 1.82) is 0 Å². The van der Waals surface area contributed by atoms with Crippen LogP contribution in [0.25, 0.3) is 11.1 Å². The second kappa shape index (κ2) is 8.67. The quantitative estimate of drug-likeness (QED) is 0.870. The molecule has 1 amide bonds. The number of nitrogens with zero attached hydrogens (tertiary/aromatic N) is 3. The minimum atomic E-state index is -0.274. The van der Waals surface area contributed by atoms with Gasteiger partial charge in [0.1, 0.15) is 5.82 Å². The first-order valence-electron chi connectivity index (χ1n) is 10.3. The number of carbonyl (C=O) groups is 1. The Morgan fingerprint density at radius 1 is 1.04 bits per heavy atom. The number of nitrogens with one attached hydrogen (secondary N) is 1. The SMILES string of the molecule is O=C(NC1CCCCC1)[C@H]1CCCN(c2ncc(-c3cccc(F)c3)cn2)C1. The lowest BCUT2D eigenvalue weighted by molar-refractivity contribution is -0.126. The number of hydrogen-bond acceptors (Lipinski definition) is 4. The Balaban J connectivity index is 1.39. The van der Waals surface area contributed by atoms with Gasteiger partial charge in [-0.1, -0.05) is 31.4 Å². The molecule has 5 nitrogen and oxygen atoms in total. The monoisotopic (exact) mass is 382 g/mol. The van der Waals surface area contributed by atoms with E-state index >= 15 is 0 Å². The molecule has 28 heavy (non-hydrogen) atoms. The van der Waals surface area contributed by atoms with Crippen molar-refractivity contribution in [2.45, 2.75) is 51.0 Å². The molecule has 0 bridgehead atoms. The van der Waals surface area contributed by atoms with Crippen molar-refractivity contribution in [3.05, 3.63) is 42.5 Å². The summed E-state index contributed by atoms with van der Waals surface area (Å²) in [5.41, 5.74) is 1.54. The minimum Gasteiger partial charge on any atom is -0.353 e. The van der Waals surface area contributed by atoms with Crippen LogP contribution in [-0.2, 0) is 4.79 Å². The summed E-state index contributed by atoms with van der Waals surface area (Å²) in [4.78, 5) is 23.7. The highest BCUT2D eigenvalue weighted by Crippen LogP contribution is 2.24. The minimum absolute atomic E-state index is 0.0119. The van der Waals surface area contributed by atoms with E-state index in [1.807, 2.05) is 6.07 Å². The van der Waals surface area contributed by atoms with E-state index in [0.29, 0.717) is 18.5 Å². The standard InChI is InChI=1S/C22H27FN4O/c23-19-8-4-6-16(12-19)18-13-24-22(25-14-18)27-11-5-7-17(15-27)21(28)26-20-9-2-1-3-10-20/h4,6,8,12-14,17,20H,1-3,5,7,9-11,15H2,(H,26,28)/t17-/m0/s1. The highest BCUT2D eigenvalue weighted by Gasteiger charge is 2.28. The number of piperidine rings is 1. The summed E-state index contributed by atoms with van der Waals surface area (Å²) in [6.45, 7) is 1.50. The van der Waals surface area contributed by atoms with Gasteiger partial charge in [0, 0.05) is 37.1 Å². The van der Waals surface area contributed by atoms with Crippen molar-refractivity contribution >= 4 is 11.9 Å². The molecule has 1 aliphatic carbocycles. The molecule has 2 aromatic rings. The lowest BCUT2D eigenvalue weighted by atomic mass is 9.93. The van der Waals surface area contributed by atoms with Gasteiger partial charge in [-0.15, -0.1) is 0 Å². The predicted octanol–water partition coefficient (Wildman–Crippen LogP) is 3.95. The number of hydrogen-bond donors (Lipinski definition) is 1. The molecule has 1 aliphatic heterocycles. The van der Waals surface area contributed by atoms with Crippen molar-refractivity contribution in [2.24, 2.45) is 5.92 Å². The molecule has 1 saturated heterocycles. The molecule has 1 aromatic carbocycles. The molecule has 1 saturated carbocycles. The molecule has 148 valence electrons. The van der Waals surface area contributed by atoms with Crippen molar-refractivity contribution < 1.29 is 9.18 Å². The van der Waals surface area contributed by atoms with Crippen LogP contribution in [0.3, 0.4) is 0 Å². The molecule has 1 aromatic heterocycles. The third-order valence-corrected chi connectivity index (χ3v) is 5.82. The fourth-order valence-electron chi connectivity index (χ4n) is 4.24. The Bertz CT molecular complexity index is 804. The van der Waals surface area contributed by atoms with Gasteiger partial charge in [0.2, 0.25) is 11.9 Å². The van der Waals surface area contributed by atoms with Crippen LogP contribution in [0.2, 0.25) is 0 Å². The van der Waals surface area contributed by atoms with Crippen molar-refractivity contribution in [1.82, 2.24) is 15.3 Å². The predicted molar refractivity (Wildman–Crippen MR) is 107 cm³/mol. The molecule has 1 atom stereocenters. The van der Waals surface area contributed by atoms with Crippen LogP contribution < -0.4 is 10.2 Å². The van der Waals surface area contributed by atoms with Crippen molar-refractivity contribution in [2.75, 3.05) is 18.0 Å². The summed E-state index contributed by atoms with van der Waals surface area (Å²) in [6, 6.07) is 6.76. The molecule has 4 rings (SSSR count). The topological polar surface area (TPSA) is 58.1 Å². The Morgan fingerprint density at radius 2 is 1.82 bits per heavy atom. The molecule has 2 fully saturated rings. The van der Waals surface area contributed by atoms with E-state index in [9.17, 15) is 9.18 Å². The smallest absolute Gasteiger partial charge is 0.225 e. The first kappa shape index (κ1) is 18.8. The molecule has 6 heteroatoms. The van der Waals surface area contributed by atoms with E-state index < -0.39 is 0 Å². The van der Waals surface area contributed by atoms with Crippen molar-refractivity contribution in [3.63, 3.8) is 0 Å². The molecular formula is C22H27FN4O. The second-order valence-electron chi connectivity index (χ2n) is 7.91. The zero-order chi connectivity index (χ0) is 19.3. The Hall–Kier alpha value is -2.50. The van der Waals surface area contributed by atoms with Gasteiger partial charge >= 0.3 is 0 Å². The third kappa shape index (κ3) is 4.49. The van der Waals surface area contributed by atoms with Crippen LogP contribution in [0.1, 0.15) is 44.9 Å². The normalized spacial score (nSPS) is 20.8. The van der Waals surface area contributed by atoms with Gasteiger partial charge in [0.15, 0.2) is 0 Å². The Morgan fingerprint density at radius 3 is 2.57 bits per heavy atom. The summed E-state index contributed by atoms with van der Waals surface area (Å²) in [5.74, 6) is 0.523. The summed E-state index contributed by atoms with van der Waals surface area (Å²) < 4.78 is 13.4. The largest absolute Gasteiger partial charge is 0.353 e. The van der Waals surface area contributed by atoms with E-state index in [-0.39, 0.29) is 17.6 Å². The Labute approximate surface area is 165 Å². The maximum absolute atomic E-state index is 13.4. The van der Waals surface area contributed by atoms with E-state index in [1.54, 1.807) is 18.5 Å². The number of benzene rings is 1. The lowest BCUT2D eigenvalue weighted by Gasteiger charge is -2.33. The van der Waals surface area contributed by atoms with Crippen LogP contribution in [0.4, 0.5) is 10.3 Å². The zero-order valence-electron chi connectivity index (χ0n) is 16.1. The number of halogens is 1. The zero-order valence-corrected chi connectivity index (χ0v) is 16.1. The number of amides is 1. The summed E-state index contributed by atoms with van der Waals surface area (Å²) in [5, 5.41) is 3.25. The second-order valence-corrected chi connectivity index (χ2v) is 7.91. The third-order valence-electron chi connectivity index (χ3n) is 5.82. The maximum atomic E-state index is 13.4. The first-order chi connectivity index (χ1) is 13.7. The summed E-state index contributed by atoms with van der Waals surface area (Å²) in [7, 11) is 0. The molecular weight excluding hydrogens is 355 g/mol. The van der Waals surface area contributed by atoms with Gasteiger partial charge in [-0.3, -0.25) is 4.79 Å². The van der Waals surface area contributed by atoms with Crippen LogP contribution in [0.15, 0.2) is 36.7 Å². The van der Waals surface area contributed by atoms with E-state index in [0.717, 1.165) is 43.4 Å². The van der Waals surface area contributed by atoms with Gasteiger partial charge < -0.3 is 10.2 Å². The van der Waals surface area contributed by atoms with Crippen molar-refractivity contribution in [3.8, 4) is 11.1 Å². The number of carbonyl (C=O) groups excluding carboxylic acids is 1. The molecule has 0 unspecified atom stereocenters. The number of anilines is 1. The number of rotatable bonds is 4. The van der Waals surface area contributed by atoms with Crippen LogP contribution >= 0.6 is 0 Å².